The monoisotopic (exact) mass is 510 g/mol. The SMILES string of the molecule is CCN(CC)S(=O)(=O)c1ccc(OC)c2c1c(Sc1ccc(Cl)cc1)c(C)n2CC(=O)OC. The first-order valence-electron chi connectivity index (χ1n) is 10.4. The standard InChI is InChI=1S/C23H27ClN2O5S2/c1-6-25(7-2)33(28,29)19-13-12-18(30-4)22-21(19)23(15(3)26(22)14-20(27)31-5)32-17-10-8-16(24)9-11-17/h8-13H,6-7,14H2,1-5H3. The summed E-state index contributed by atoms with van der Waals surface area (Å²) >= 11 is 7.46. The Labute approximate surface area is 203 Å². The number of nitrogens with zero attached hydrogens (tertiary/aromatic N) is 2. The van der Waals surface area contributed by atoms with Gasteiger partial charge in [-0.15, -0.1) is 0 Å². The summed E-state index contributed by atoms with van der Waals surface area (Å²) in [6.07, 6.45) is 0. The van der Waals surface area contributed by atoms with Crippen molar-refractivity contribution in [1.82, 2.24) is 8.87 Å². The van der Waals surface area contributed by atoms with E-state index in [1.54, 1.807) is 42.7 Å². The van der Waals surface area contributed by atoms with Gasteiger partial charge in [-0.1, -0.05) is 37.2 Å². The number of hydrogen-bond acceptors (Lipinski definition) is 6. The summed E-state index contributed by atoms with van der Waals surface area (Å²) in [7, 11) is -0.960. The van der Waals surface area contributed by atoms with Gasteiger partial charge in [-0.05, 0) is 43.3 Å². The molecular formula is C23H27ClN2O5S2. The molecule has 0 aliphatic heterocycles. The molecule has 0 N–H and O–H groups in total. The van der Waals surface area contributed by atoms with Crippen LogP contribution < -0.4 is 4.74 Å². The minimum Gasteiger partial charge on any atom is -0.495 e. The van der Waals surface area contributed by atoms with Crippen molar-refractivity contribution in [3.05, 3.63) is 47.1 Å². The number of carbonyl (C=O) groups excluding carboxylic acids is 1. The maximum Gasteiger partial charge on any atom is 0.325 e. The normalized spacial score (nSPS) is 11.8. The lowest BCUT2D eigenvalue weighted by atomic mass is 10.2. The maximum atomic E-state index is 13.6. The smallest absolute Gasteiger partial charge is 0.325 e. The van der Waals surface area contributed by atoms with Crippen molar-refractivity contribution in [2.45, 2.75) is 42.0 Å². The zero-order valence-corrected chi connectivity index (χ0v) is 21.6. The minimum atomic E-state index is -3.80. The number of esters is 1. The Kier molecular flexibility index (Phi) is 8.00. The fraction of sp³-hybridized carbons (Fsp3) is 0.348. The number of ether oxygens (including phenoxy) is 2. The van der Waals surface area contributed by atoms with E-state index in [9.17, 15) is 13.2 Å². The van der Waals surface area contributed by atoms with E-state index in [0.29, 0.717) is 34.8 Å². The third-order valence-electron chi connectivity index (χ3n) is 5.42. The Balaban J connectivity index is 2.40. The molecule has 0 radical (unpaired) electrons. The van der Waals surface area contributed by atoms with E-state index in [-0.39, 0.29) is 11.4 Å². The second kappa shape index (κ2) is 10.4. The fourth-order valence-corrected chi connectivity index (χ4v) is 6.65. The molecule has 0 saturated heterocycles. The van der Waals surface area contributed by atoms with Gasteiger partial charge in [0.05, 0.1) is 24.6 Å². The fourth-order valence-electron chi connectivity index (χ4n) is 3.73. The average Bonchev–Trinajstić information content (AvgIpc) is 3.06. The van der Waals surface area contributed by atoms with Crippen LogP contribution >= 0.6 is 23.4 Å². The maximum absolute atomic E-state index is 13.6. The highest BCUT2D eigenvalue weighted by Crippen LogP contribution is 2.45. The lowest BCUT2D eigenvalue weighted by Gasteiger charge is -2.20. The molecule has 0 spiro atoms. The summed E-state index contributed by atoms with van der Waals surface area (Å²) in [5.41, 5.74) is 1.26. The molecule has 33 heavy (non-hydrogen) atoms. The molecule has 10 heteroatoms. The van der Waals surface area contributed by atoms with E-state index >= 15 is 0 Å². The van der Waals surface area contributed by atoms with Crippen LogP contribution in [0.2, 0.25) is 5.02 Å². The molecule has 0 atom stereocenters. The van der Waals surface area contributed by atoms with Gasteiger partial charge >= 0.3 is 5.97 Å². The zero-order chi connectivity index (χ0) is 24.3. The van der Waals surface area contributed by atoms with Crippen LogP contribution in [-0.4, -0.2) is 50.6 Å². The largest absolute Gasteiger partial charge is 0.495 e. The predicted molar refractivity (Wildman–Crippen MR) is 131 cm³/mol. The number of benzene rings is 2. The molecule has 1 heterocycles. The summed E-state index contributed by atoms with van der Waals surface area (Å²) in [5.74, 6) is 0.0237. The highest BCUT2D eigenvalue weighted by molar-refractivity contribution is 7.99. The molecule has 178 valence electrons. The number of carbonyl (C=O) groups is 1. The molecule has 0 fully saturated rings. The quantitative estimate of drug-likeness (QED) is 0.378. The second-order valence-corrected chi connectivity index (χ2v) is 10.6. The number of aromatic nitrogens is 1. The van der Waals surface area contributed by atoms with Crippen LogP contribution in [0.5, 0.6) is 5.75 Å². The van der Waals surface area contributed by atoms with Crippen LogP contribution in [-0.2, 0) is 26.1 Å². The zero-order valence-electron chi connectivity index (χ0n) is 19.2. The van der Waals surface area contributed by atoms with Crippen molar-refractivity contribution in [2.24, 2.45) is 0 Å². The van der Waals surface area contributed by atoms with E-state index in [4.69, 9.17) is 21.1 Å². The van der Waals surface area contributed by atoms with E-state index in [1.807, 2.05) is 19.1 Å². The Morgan fingerprint density at radius 3 is 2.27 bits per heavy atom. The van der Waals surface area contributed by atoms with E-state index in [0.717, 1.165) is 15.5 Å². The molecule has 0 amide bonds. The van der Waals surface area contributed by atoms with Crippen molar-refractivity contribution < 1.29 is 22.7 Å². The molecule has 1 aromatic heterocycles. The molecule has 0 unspecified atom stereocenters. The first-order chi connectivity index (χ1) is 15.7. The highest BCUT2D eigenvalue weighted by Gasteiger charge is 2.30. The van der Waals surface area contributed by atoms with Crippen molar-refractivity contribution in [1.29, 1.82) is 0 Å². The number of halogens is 1. The summed E-state index contributed by atoms with van der Waals surface area (Å²) in [4.78, 5) is 14.0. The van der Waals surface area contributed by atoms with Crippen molar-refractivity contribution >= 4 is 50.3 Å². The van der Waals surface area contributed by atoms with Gasteiger partial charge < -0.3 is 14.0 Å². The lowest BCUT2D eigenvalue weighted by molar-refractivity contribution is -0.141. The molecule has 0 aliphatic carbocycles. The first-order valence-corrected chi connectivity index (χ1v) is 13.0. The van der Waals surface area contributed by atoms with Crippen LogP contribution in [0.15, 0.2) is 51.1 Å². The molecule has 0 saturated carbocycles. The molecule has 2 aromatic carbocycles. The minimum absolute atomic E-state index is 0.0782. The number of fused-ring (bicyclic) bond motifs is 1. The third kappa shape index (κ3) is 4.87. The first kappa shape index (κ1) is 25.4. The van der Waals surface area contributed by atoms with Gasteiger partial charge in [-0.3, -0.25) is 4.79 Å². The Morgan fingerprint density at radius 1 is 1.09 bits per heavy atom. The number of methoxy groups -OCH3 is 2. The number of sulfonamides is 1. The van der Waals surface area contributed by atoms with Crippen molar-refractivity contribution in [3.63, 3.8) is 0 Å². The Bertz CT molecular complexity index is 1270. The lowest BCUT2D eigenvalue weighted by Crippen LogP contribution is -2.30. The number of hydrogen-bond donors (Lipinski definition) is 0. The van der Waals surface area contributed by atoms with Crippen LogP contribution in [0.3, 0.4) is 0 Å². The van der Waals surface area contributed by atoms with Gasteiger partial charge in [0.2, 0.25) is 10.0 Å². The Hall–Kier alpha value is -2.20. The molecular weight excluding hydrogens is 484 g/mol. The topological polar surface area (TPSA) is 77.8 Å². The van der Waals surface area contributed by atoms with Crippen LogP contribution in [0, 0.1) is 6.92 Å². The summed E-state index contributed by atoms with van der Waals surface area (Å²) in [6.45, 7) is 6.07. The van der Waals surface area contributed by atoms with Gasteiger partial charge in [0.1, 0.15) is 12.3 Å². The molecule has 3 rings (SSSR count). The van der Waals surface area contributed by atoms with Gasteiger partial charge in [-0.2, -0.15) is 4.31 Å². The van der Waals surface area contributed by atoms with Crippen LogP contribution in [0.4, 0.5) is 0 Å². The van der Waals surface area contributed by atoms with Gasteiger partial charge in [0.15, 0.2) is 0 Å². The van der Waals surface area contributed by atoms with Gasteiger partial charge in [0.25, 0.3) is 0 Å². The average molecular weight is 511 g/mol. The second-order valence-electron chi connectivity index (χ2n) is 7.21. The molecule has 7 nitrogen and oxygen atoms in total. The van der Waals surface area contributed by atoms with Gasteiger partial charge in [0, 0.05) is 39.0 Å². The Morgan fingerprint density at radius 2 is 1.73 bits per heavy atom. The third-order valence-corrected chi connectivity index (χ3v) is 8.98. The van der Waals surface area contributed by atoms with Crippen LogP contribution in [0.1, 0.15) is 19.5 Å². The number of rotatable bonds is 9. The highest BCUT2D eigenvalue weighted by atomic mass is 35.5. The van der Waals surface area contributed by atoms with Gasteiger partial charge in [-0.25, -0.2) is 8.42 Å². The summed E-state index contributed by atoms with van der Waals surface area (Å²) < 4.78 is 40.9. The van der Waals surface area contributed by atoms with E-state index in [2.05, 4.69) is 0 Å². The molecule has 0 aliphatic rings. The van der Waals surface area contributed by atoms with Crippen LogP contribution in [0.25, 0.3) is 10.9 Å². The summed E-state index contributed by atoms with van der Waals surface area (Å²) in [5, 5.41) is 1.12. The van der Waals surface area contributed by atoms with E-state index < -0.39 is 16.0 Å². The summed E-state index contributed by atoms with van der Waals surface area (Å²) in [6, 6.07) is 10.5. The molecule has 3 aromatic rings. The predicted octanol–water partition coefficient (Wildman–Crippen LogP) is 4.97. The van der Waals surface area contributed by atoms with Crippen molar-refractivity contribution in [2.75, 3.05) is 27.3 Å². The van der Waals surface area contributed by atoms with Crippen molar-refractivity contribution in [3.8, 4) is 5.75 Å². The molecule has 0 bridgehead atoms. The van der Waals surface area contributed by atoms with E-state index in [1.165, 1.54) is 30.3 Å².